The number of hydrogen-bond donors (Lipinski definition) is 1. The van der Waals surface area contributed by atoms with Gasteiger partial charge in [0.2, 0.25) is 5.75 Å². The Hall–Kier alpha value is -3.02. The maximum Gasteiger partial charge on any atom is 0.271 e. The van der Waals surface area contributed by atoms with Crippen LogP contribution >= 0.6 is 0 Å². The van der Waals surface area contributed by atoms with E-state index in [9.17, 15) is 4.79 Å². The van der Waals surface area contributed by atoms with Gasteiger partial charge in [-0.25, -0.2) is 5.43 Å². The lowest BCUT2D eigenvalue weighted by Gasteiger charge is -2.13. The summed E-state index contributed by atoms with van der Waals surface area (Å²) in [4.78, 5) is 12.4. The van der Waals surface area contributed by atoms with Crippen LogP contribution in [0.4, 0.5) is 0 Å². The van der Waals surface area contributed by atoms with Crippen molar-refractivity contribution >= 4 is 11.6 Å². The van der Waals surface area contributed by atoms with Crippen molar-refractivity contribution in [2.75, 3.05) is 21.3 Å². The first-order valence-corrected chi connectivity index (χ1v) is 7.76. The molecule has 0 atom stereocenters. The standard InChI is InChI=1S/C19H22N2O4/c1-13(10-14-8-6-5-7-9-14)20-21-19(22)15-11-16(23-2)18(25-4)17(12-15)24-3/h5-9,11-12H,10H2,1-4H3,(H,21,22)/b20-13-. The van der Waals surface area contributed by atoms with Crippen LogP contribution < -0.4 is 19.6 Å². The predicted molar refractivity (Wildman–Crippen MR) is 96.8 cm³/mol. The summed E-state index contributed by atoms with van der Waals surface area (Å²) in [5, 5.41) is 4.15. The number of hydrogen-bond acceptors (Lipinski definition) is 5. The minimum atomic E-state index is -0.355. The number of rotatable bonds is 7. The normalized spacial score (nSPS) is 11.0. The summed E-state index contributed by atoms with van der Waals surface area (Å²) in [5.74, 6) is 0.908. The smallest absolute Gasteiger partial charge is 0.271 e. The molecule has 0 spiro atoms. The Bertz CT molecular complexity index is 732. The van der Waals surface area contributed by atoms with Gasteiger partial charge in [0.25, 0.3) is 5.91 Å². The number of benzene rings is 2. The number of nitrogens with zero attached hydrogens (tertiary/aromatic N) is 1. The molecule has 0 saturated heterocycles. The molecule has 1 N–H and O–H groups in total. The van der Waals surface area contributed by atoms with Crippen molar-refractivity contribution in [2.45, 2.75) is 13.3 Å². The van der Waals surface area contributed by atoms with Gasteiger partial charge in [0.05, 0.1) is 21.3 Å². The molecule has 25 heavy (non-hydrogen) atoms. The average molecular weight is 342 g/mol. The van der Waals surface area contributed by atoms with Crippen LogP contribution in [0.2, 0.25) is 0 Å². The summed E-state index contributed by atoms with van der Waals surface area (Å²) in [6.07, 6.45) is 0.663. The van der Waals surface area contributed by atoms with Crippen LogP contribution in [0.1, 0.15) is 22.8 Å². The van der Waals surface area contributed by atoms with Gasteiger partial charge >= 0.3 is 0 Å². The van der Waals surface area contributed by atoms with E-state index in [0.717, 1.165) is 11.3 Å². The van der Waals surface area contributed by atoms with E-state index in [2.05, 4.69) is 10.5 Å². The molecule has 132 valence electrons. The van der Waals surface area contributed by atoms with Gasteiger partial charge in [-0.2, -0.15) is 5.10 Å². The molecule has 0 aliphatic heterocycles. The number of ether oxygens (including phenoxy) is 3. The number of hydrazone groups is 1. The molecule has 6 heteroatoms. The highest BCUT2D eigenvalue weighted by Crippen LogP contribution is 2.38. The van der Waals surface area contributed by atoms with Crippen LogP contribution in [-0.2, 0) is 6.42 Å². The largest absolute Gasteiger partial charge is 0.493 e. The minimum absolute atomic E-state index is 0.355. The number of nitrogens with one attached hydrogen (secondary N) is 1. The fourth-order valence-electron chi connectivity index (χ4n) is 2.35. The Morgan fingerprint density at radius 3 is 2.12 bits per heavy atom. The second-order valence-corrected chi connectivity index (χ2v) is 5.36. The zero-order valence-electron chi connectivity index (χ0n) is 14.8. The van der Waals surface area contributed by atoms with Crippen LogP contribution in [-0.4, -0.2) is 32.9 Å². The van der Waals surface area contributed by atoms with Crippen molar-refractivity contribution in [1.82, 2.24) is 5.43 Å². The van der Waals surface area contributed by atoms with E-state index in [1.165, 1.54) is 21.3 Å². The summed E-state index contributed by atoms with van der Waals surface area (Å²) in [6, 6.07) is 13.1. The van der Waals surface area contributed by atoms with Crippen LogP contribution in [0, 0.1) is 0 Å². The zero-order valence-corrected chi connectivity index (χ0v) is 14.8. The monoisotopic (exact) mass is 342 g/mol. The molecule has 1 amide bonds. The maximum atomic E-state index is 12.4. The van der Waals surface area contributed by atoms with Gasteiger partial charge in [-0.3, -0.25) is 4.79 Å². The first-order valence-electron chi connectivity index (χ1n) is 7.76. The lowest BCUT2D eigenvalue weighted by molar-refractivity contribution is 0.0954. The van der Waals surface area contributed by atoms with Crippen molar-refractivity contribution in [1.29, 1.82) is 0 Å². The Balaban J connectivity index is 2.13. The van der Waals surface area contributed by atoms with Crippen LogP contribution in [0.15, 0.2) is 47.6 Å². The van der Waals surface area contributed by atoms with E-state index in [-0.39, 0.29) is 5.91 Å². The molecule has 0 saturated carbocycles. The van der Waals surface area contributed by atoms with Gasteiger partial charge in [0.15, 0.2) is 11.5 Å². The summed E-state index contributed by atoms with van der Waals surface area (Å²) in [5.41, 5.74) is 4.85. The molecule has 0 aliphatic rings. The maximum absolute atomic E-state index is 12.4. The minimum Gasteiger partial charge on any atom is -0.493 e. The van der Waals surface area contributed by atoms with Crippen LogP contribution in [0.3, 0.4) is 0 Å². The second-order valence-electron chi connectivity index (χ2n) is 5.36. The summed E-state index contributed by atoms with van der Waals surface area (Å²) in [7, 11) is 4.51. The number of methoxy groups -OCH3 is 3. The second kappa shape index (κ2) is 8.73. The van der Waals surface area contributed by atoms with Crippen molar-refractivity contribution in [3.8, 4) is 17.2 Å². The fraction of sp³-hybridized carbons (Fsp3) is 0.263. The van der Waals surface area contributed by atoms with Crippen molar-refractivity contribution in [2.24, 2.45) is 5.10 Å². The summed E-state index contributed by atoms with van der Waals surface area (Å²) < 4.78 is 15.8. The molecule has 0 fully saturated rings. The summed E-state index contributed by atoms with van der Waals surface area (Å²) >= 11 is 0. The molecule has 2 rings (SSSR count). The SMILES string of the molecule is COc1cc(C(=O)N/N=C(/C)Cc2ccccc2)cc(OC)c1OC. The molecule has 0 radical (unpaired) electrons. The number of carbonyl (C=O) groups excluding carboxylic acids is 1. The molecule has 2 aromatic rings. The van der Waals surface area contributed by atoms with Crippen LogP contribution in [0.5, 0.6) is 17.2 Å². The lowest BCUT2D eigenvalue weighted by atomic mass is 10.1. The van der Waals surface area contributed by atoms with E-state index >= 15 is 0 Å². The third-order valence-electron chi connectivity index (χ3n) is 3.58. The summed E-state index contributed by atoms with van der Waals surface area (Å²) in [6.45, 7) is 1.86. The molecular weight excluding hydrogens is 320 g/mol. The Labute approximate surface area is 147 Å². The Morgan fingerprint density at radius 2 is 1.60 bits per heavy atom. The van der Waals surface area contributed by atoms with E-state index in [1.54, 1.807) is 12.1 Å². The molecule has 2 aromatic carbocycles. The lowest BCUT2D eigenvalue weighted by Crippen LogP contribution is -2.20. The molecule has 6 nitrogen and oxygen atoms in total. The van der Waals surface area contributed by atoms with Crippen LogP contribution in [0.25, 0.3) is 0 Å². The first-order chi connectivity index (χ1) is 12.1. The molecule has 0 heterocycles. The highest BCUT2D eigenvalue weighted by molar-refractivity contribution is 5.96. The van der Waals surface area contributed by atoms with Crippen molar-refractivity contribution in [3.63, 3.8) is 0 Å². The van der Waals surface area contributed by atoms with E-state index in [1.807, 2.05) is 37.3 Å². The van der Waals surface area contributed by atoms with Gasteiger partial charge in [-0.15, -0.1) is 0 Å². The van der Waals surface area contributed by atoms with E-state index in [4.69, 9.17) is 14.2 Å². The predicted octanol–water partition coefficient (Wildman–Crippen LogP) is 3.06. The van der Waals surface area contributed by atoms with Gasteiger partial charge in [0, 0.05) is 17.7 Å². The third kappa shape index (κ3) is 4.73. The van der Waals surface area contributed by atoms with E-state index in [0.29, 0.717) is 29.2 Å². The Morgan fingerprint density at radius 1 is 1.00 bits per heavy atom. The van der Waals surface area contributed by atoms with Crippen molar-refractivity contribution in [3.05, 3.63) is 53.6 Å². The molecule has 0 unspecified atom stereocenters. The fourth-order valence-corrected chi connectivity index (χ4v) is 2.35. The highest BCUT2D eigenvalue weighted by atomic mass is 16.5. The molecular formula is C19H22N2O4. The van der Waals surface area contributed by atoms with Gasteiger partial charge < -0.3 is 14.2 Å². The Kier molecular flexibility index (Phi) is 6.39. The van der Waals surface area contributed by atoms with Gasteiger partial charge in [0.1, 0.15) is 0 Å². The average Bonchev–Trinajstić information content (AvgIpc) is 2.65. The third-order valence-corrected chi connectivity index (χ3v) is 3.58. The first kappa shape index (κ1) is 18.3. The quantitative estimate of drug-likeness (QED) is 0.620. The van der Waals surface area contributed by atoms with Crippen molar-refractivity contribution < 1.29 is 19.0 Å². The number of carbonyl (C=O) groups is 1. The van der Waals surface area contributed by atoms with Gasteiger partial charge in [-0.1, -0.05) is 30.3 Å². The molecule has 0 aromatic heterocycles. The zero-order chi connectivity index (χ0) is 18.2. The number of amides is 1. The molecule has 0 bridgehead atoms. The topological polar surface area (TPSA) is 69.2 Å². The van der Waals surface area contributed by atoms with Gasteiger partial charge in [-0.05, 0) is 24.6 Å². The highest BCUT2D eigenvalue weighted by Gasteiger charge is 2.16. The molecule has 0 aliphatic carbocycles. The van der Waals surface area contributed by atoms with E-state index < -0.39 is 0 Å².